The molecule has 0 aromatic heterocycles. The summed E-state index contributed by atoms with van der Waals surface area (Å²) in [6.07, 6.45) is -1.54. The van der Waals surface area contributed by atoms with Gasteiger partial charge in [0, 0.05) is 0 Å². The molecule has 158 valence electrons. The Morgan fingerprint density at radius 3 is 2.14 bits per heavy atom. The predicted molar refractivity (Wildman–Crippen MR) is 97.8 cm³/mol. The first-order chi connectivity index (χ1) is 13.6. The number of esters is 1. The van der Waals surface area contributed by atoms with Crippen LogP contribution in [0.5, 0.6) is 11.5 Å². The van der Waals surface area contributed by atoms with E-state index >= 15 is 0 Å². The molecule has 10 heteroatoms. The average Bonchev–Trinajstić information content (AvgIpc) is 2.67. The number of hydrogen-bond donors (Lipinski definition) is 0. The van der Waals surface area contributed by atoms with Gasteiger partial charge in [-0.1, -0.05) is 30.3 Å². The highest BCUT2D eigenvalue weighted by Crippen LogP contribution is 2.27. The first kappa shape index (κ1) is 22.7. The lowest BCUT2D eigenvalue weighted by Crippen LogP contribution is -2.34. The molecule has 2 rings (SSSR count). The fraction of sp³-hybridized carbons (Fsp3) is 0.316. The molecule has 0 saturated carbocycles. The molecular weight excluding hydrogens is 413 g/mol. The summed E-state index contributed by atoms with van der Waals surface area (Å²) in [6, 6.07) is 16.1. The standard InChI is InChI=1S/C19H19F3O6S/c1-26-18(23)17(28-29(24,25)19(20,21)22)9-5-6-14-10-12-16(13-11-14)27-15-7-3-2-4-8-15/h2-4,7-8,10-13,17H,5-6,9H2,1H3. The summed E-state index contributed by atoms with van der Waals surface area (Å²) < 4.78 is 73.7. The topological polar surface area (TPSA) is 78.9 Å². The number of hydrogen-bond acceptors (Lipinski definition) is 6. The van der Waals surface area contributed by atoms with Crippen LogP contribution in [0.2, 0.25) is 0 Å². The van der Waals surface area contributed by atoms with Gasteiger partial charge in [0.05, 0.1) is 7.11 Å². The normalized spacial score (nSPS) is 13.0. The van der Waals surface area contributed by atoms with Gasteiger partial charge in [-0.15, -0.1) is 0 Å². The van der Waals surface area contributed by atoms with Crippen molar-refractivity contribution < 1.29 is 40.0 Å². The minimum atomic E-state index is -5.90. The molecule has 2 aromatic carbocycles. The summed E-state index contributed by atoms with van der Waals surface area (Å²) in [5, 5.41) is 0. The predicted octanol–water partition coefficient (Wildman–Crippen LogP) is 4.21. The number of benzene rings is 2. The van der Waals surface area contributed by atoms with Gasteiger partial charge in [0.2, 0.25) is 0 Å². The Kier molecular flexibility index (Phi) is 7.63. The van der Waals surface area contributed by atoms with Gasteiger partial charge in [0.15, 0.2) is 6.10 Å². The molecule has 0 aliphatic rings. The Balaban J connectivity index is 1.92. The molecule has 1 unspecified atom stereocenters. The number of carbonyl (C=O) groups is 1. The number of para-hydroxylation sites is 1. The van der Waals surface area contributed by atoms with Crippen LogP contribution in [0.15, 0.2) is 54.6 Å². The van der Waals surface area contributed by atoms with E-state index in [0.717, 1.165) is 12.7 Å². The van der Waals surface area contributed by atoms with Crippen molar-refractivity contribution in [2.24, 2.45) is 0 Å². The number of halogens is 3. The second-order valence-corrected chi connectivity index (χ2v) is 7.52. The molecule has 0 saturated heterocycles. The van der Waals surface area contributed by atoms with Crippen LogP contribution in [-0.2, 0) is 30.3 Å². The Labute approximate surface area is 166 Å². The Morgan fingerprint density at radius 2 is 1.59 bits per heavy atom. The lowest BCUT2D eigenvalue weighted by molar-refractivity contribution is -0.149. The van der Waals surface area contributed by atoms with Crippen molar-refractivity contribution in [1.29, 1.82) is 0 Å². The number of rotatable bonds is 9. The molecule has 0 heterocycles. The van der Waals surface area contributed by atoms with Crippen LogP contribution in [0, 0.1) is 0 Å². The fourth-order valence-electron chi connectivity index (χ4n) is 2.38. The van der Waals surface area contributed by atoms with E-state index in [1.165, 1.54) is 0 Å². The Bertz CT molecular complexity index is 896. The van der Waals surface area contributed by atoms with Gasteiger partial charge in [-0.05, 0) is 49.1 Å². The molecule has 0 fully saturated rings. The molecule has 1 atom stereocenters. The van der Waals surface area contributed by atoms with Crippen LogP contribution in [0.1, 0.15) is 18.4 Å². The van der Waals surface area contributed by atoms with Crippen molar-refractivity contribution in [2.45, 2.75) is 30.9 Å². The molecule has 0 aliphatic carbocycles. The lowest BCUT2D eigenvalue weighted by Gasteiger charge is -2.16. The first-order valence-corrected chi connectivity index (χ1v) is 9.92. The lowest BCUT2D eigenvalue weighted by atomic mass is 10.1. The smallest absolute Gasteiger partial charge is 0.467 e. The molecule has 0 amide bonds. The van der Waals surface area contributed by atoms with Crippen molar-refractivity contribution in [3.8, 4) is 11.5 Å². The zero-order valence-electron chi connectivity index (χ0n) is 15.4. The minimum Gasteiger partial charge on any atom is -0.467 e. The molecule has 29 heavy (non-hydrogen) atoms. The summed E-state index contributed by atoms with van der Waals surface area (Å²) in [5.74, 6) is 0.0839. The van der Waals surface area contributed by atoms with Gasteiger partial charge in [-0.2, -0.15) is 21.6 Å². The van der Waals surface area contributed by atoms with Crippen molar-refractivity contribution in [3.63, 3.8) is 0 Å². The number of alkyl halides is 3. The second kappa shape index (κ2) is 9.75. The summed E-state index contributed by atoms with van der Waals surface area (Å²) >= 11 is 0. The highest BCUT2D eigenvalue weighted by Gasteiger charge is 2.49. The van der Waals surface area contributed by atoms with Crippen LogP contribution >= 0.6 is 0 Å². The minimum absolute atomic E-state index is 0.200. The number of ether oxygens (including phenoxy) is 2. The quantitative estimate of drug-likeness (QED) is 0.336. The third kappa shape index (κ3) is 6.75. The molecule has 2 aromatic rings. The van der Waals surface area contributed by atoms with E-state index in [4.69, 9.17) is 4.74 Å². The molecule has 0 bridgehead atoms. The van der Waals surface area contributed by atoms with E-state index in [0.29, 0.717) is 17.9 Å². The summed E-state index contributed by atoms with van der Waals surface area (Å²) in [6.45, 7) is 0. The van der Waals surface area contributed by atoms with Gasteiger partial charge < -0.3 is 9.47 Å². The number of methoxy groups -OCH3 is 1. The van der Waals surface area contributed by atoms with E-state index in [9.17, 15) is 26.4 Å². The van der Waals surface area contributed by atoms with E-state index in [2.05, 4.69) is 8.92 Å². The monoisotopic (exact) mass is 432 g/mol. The van der Waals surface area contributed by atoms with E-state index < -0.39 is 27.7 Å². The van der Waals surface area contributed by atoms with E-state index in [-0.39, 0.29) is 12.8 Å². The Hall–Kier alpha value is -2.59. The maximum Gasteiger partial charge on any atom is 0.523 e. The van der Waals surface area contributed by atoms with Crippen molar-refractivity contribution >= 4 is 16.1 Å². The van der Waals surface area contributed by atoms with Crippen LogP contribution < -0.4 is 4.74 Å². The average molecular weight is 432 g/mol. The SMILES string of the molecule is COC(=O)C(CCCc1ccc(Oc2ccccc2)cc1)OS(=O)(=O)C(F)(F)F. The molecule has 0 spiro atoms. The first-order valence-electron chi connectivity index (χ1n) is 8.51. The zero-order valence-corrected chi connectivity index (χ0v) is 16.2. The maximum atomic E-state index is 12.5. The second-order valence-electron chi connectivity index (χ2n) is 5.96. The van der Waals surface area contributed by atoms with E-state index in [1.807, 2.05) is 18.2 Å². The summed E-state index contributed by atoms with van der Waals surface area (Å²) in [5.41, 5.74) is -4.79. The van der Waals surface area contributed by atoms with E-state index in [1.54, 1.807) is 36.4 Å². The summed E-state index contributed by atoms with van der Waals surface area (Å²) in [7, 11) is -4.96. The van der Waals surface area contributed by atoms with Gasteiger partial charge >= 0.3 is 21.6 Å². The van der Waals surface area contributed by atoms with Crippen molar-refractivity contribution in [2.75, 3.05) is 7.11 Å². The van der Waals surface area contributed by atoms with Gasteiger partial charge in [0.1, 0.15) is 11.5 Å². The largest absolute Gasteiger partial charge is 0.523 e. The fourth-order valence-corrected chi connectivity index (χ4v) is 2.97. The third-order valence-electron chi connectivity index (χ3n) is 3.82. The van der Waals surface area contributed by atoms with Crippen molar-refractivity contribution in [1.82, 2.24) is 0 Å². The molecule has 6 nitrogen and oxygen atoms in total. The third-order valence-corrected chi connectivity index (χ3v) is 4.88. The van der Waals surface area contributed by atoms with Gasteiger partial charge in [0.25, 0.3) is 0 Å². The van der Waals surface area contributed by atoms with Gasteiger partial charge in [-0.25, -0.2) is 8.98 Å². The zero-order chi connectivity index (χ0) is 21.5. The van der Waals surface area contributed by atoms with Crippen molar-refractivity contribution in [3.05, 3.63) is 60.2 Å². The summed E-state index contributed by atoms with van der Waals surface area (Å²) in [4.78, 5) is 11.6. The van der Waals surface area contributed by atoms with Crippen LogP contribution in [0.4, 0.5) is 13.2 Å². The highest BCUT2D eigenvalue weighted by molar-refractivity contribution is 7.87. The molecule has 0 N–H and O–H groups in total. The molecule has 0 aliphatic heterocycles. The van der Waals surface area contributed by atoms with Crippen LogP contribution in [0.3, 0.4) is 0 Å². The van der Waals surface area contributed by atoms with Gasteiger partial charge in [-0.3, -0.25) is 0 Å². The number of aryl methyl sites for hydroxylation is 1. The maximum absolute atomic E-state index is 12.5. The molecular formula is C19H19F3O6S. The highest BCUT2D eigenvalue weighted by atomic mass is 32.2. The van der Waals surface area contributed by atoms with Crippen LogP contribution in [-0.4, -0.2) is 33.1 Å². The molecule has 0 radical (unpaired) electrons. The Morgan fingerprint density at radius 1 is 1.00 bits per heavy atom. The van der Waals surface area contributed by atoms with Crippen LogP contribution in [0.25, 0.3) is 0 Å². The number of carbonyl (C=O) groups excluding carboxylic acids is 1.